The fraction of sp³-hybridized carbons (Fsp3) is 0.244. The first kappa shape index (κ1) is 40.7. The summed E-state index contributed by atoms with van der Waals surface area (Å²) in [5.74, 6) is 0.0142. The second-order valence-electron chi connectivity index (χ2n) is 14.3. The van der Waals surface area contributed by atoms with Crippen molar-refractivity contribution in [1.82, 2.24) is 34.7 Å². The van der Waals surface area contributed by atoms with Gasteiger partial charge >= 0.3 is 5.97 Å². The highest BCUT2D eigenvalue weighted by Gasteiger charge is 2.28. The average Bonchev–Trinajstić information content (AvgIpc) is 3.66. The number of aromatic nitrogens is 5. The zero-order valence-corrected chi connectivity index (χ0v) is 34.5. The Hall–Kier alpha value is -6.06. The Morgan fingerprint density at radius 2 is 1.70 bits per heavy atom. The van der Waals surface area contributed by atoms with Gasteiger partial charge in [0.1, 0.15) is 47.4 Å². The normalized spacial score (nSPS) is 13.9. The minimum absolute atomic E-state index is 0.0464. The molecule has 1 aliphatic rings. The van der Waals surface area contributed by atoms with E-state index in [0.29, 0.717) is 61.7 Å². The number of hydrogen-bond acceptors (Lipinski definition) is 12. The molecular weight excluding hydrogens is 805 g/mol. The number of carbonyl (C=O) groups is 1. The van der Waals surface area contributed by atoms with Gasteiger partial charge in [0.25, 0.3) is 0 Å². The lowest BCUT2D eigenvalue weighted by Crippen LogP contribution is -2.45. The molecule has 0 bridgehead atoms. The van der Waals surface area contributed by atoms with Crippen LogP contribution in [0.4, 0.5) is 4.39 Å². The number of thiophene rings is 1. The van der Waals surface area contributed by atoms with E-state index < -0.39 is 12.1 Å². The van der Waals surface area contributed by atoms with Gasteiger partial charge in [-0.15, -0.1) is 11.3 Å². The lowest BCUT2D eigenvalue weighted by molar-refractivity contribution is -0.145. The Balaban J connectivity index is 1.09. The molecule has 5 heterocycles. The second-order valence-corrected chi connectivity index (χ2v) is 15.7. The van der Waals surface area contributed by atoms with Crippen molar-refractivity contribution in [1.29, 1.82) is 0 Å². The van der Waals surface area contributed by atoms with Gasteiger partial charge in [0, 0.05) is 62.0 Å². The van der Waals surface area contributed by atoms with Crippen LogP contribution in [0, 0.1) is 12.7 Å². The van der Waals surface area contributed by atoms with Gasteiger partial charge < -0.3 is 24.2 Å². The number of nitrogens with zero attached hydrogens (tertiary/aromatic N) is 7. The topological polar surface area (TPSA) is 136 Å². The molecule has 306 valence electrons. The third-order valence-corrected chi connectivity index (χ3v) is 11.9. The van der Waals surface area contributed by atoms with Gasteiger partial charge in [-0.1, -0.05) is 54.1 Å². The lowest BCUT2D eigenvalue weighted by atomic mass is 9.96. The Kier molecular flexibility index (Phi) is 12.5. The molecule has 1 atom stereocenters. The van der Waals surface area contributed by atoms with Crippen LogP contribution < -0.4 is 14.2 Å². The van der Waals surface area contributed by atoms with Crippen LogP contribution in [0.5, 0.6) is 17.4 Å². The molecular formula is C45H41ClFN7O5S. The Bertz CT molecular complexity index is 2610. The van der Waals surface area contributed by atoms with Crippen LogP contribution in [0.1, 0.15) is 16.8 Å². The van der Waals surface area contributed by atoms with Gasteiger partial charge in [-0.2, -0.15) is 0 Å². The van der Waals surface area contributed by atoms with Crippen molar-refractivity contribution in [3.05, 3.63) is 131 Å². The van der Waals surface area contributed by atoms with E-state index in [1.807, 2.05) is 49.4 Å². The van der Waals surface area contributed by atoms with E-state index in [0.717, 1.165) is 54.3 Å². The van der Waals surface area contributed by atoms with Crippen LogP contribution in [0.15, 0.2) is 104 Å². The molecule has 4 aromatic heterocycles. The molecule has 3 aromatic carbocycles. The quantitative estimate of drug-likeness (QED) is 0.106. The summed E-state index contributed by atoms with van der Waals surface area (Å²) in [4.78, 5) is 41.3. The highest BCUT2D eigenvalue weighted by Crippen LogP contribution is 2.49. The summed E-state index contributed by atoms with van der Waals surface area (Å²) in [6, 6.07) is 24.4. The van der Waals surface area contributed by atoms with E-state index in [1.165, 1.54) is 29.8 Å². The van der Waals surface area contributed by atoms with E-state index in [4.69, 9.17) is 25.8 Å². The highest BCUT2D eigenvalue weighted by atomic mass is 35.5. The lowest BCUT2D eigenvalue weighted by Gasteiger charge is -2.32. The van der Waals surface area contributed by atoms with Crippen molar-refractivity contribution in [3.63, 3.8) is 0 Å². The summed E-state index contributed by atoms with van der Waals surface area (Å²) >= 11 is 8.41. The molecule has 7 aromatic rings. The molecule has 1 aliphatic heterocycles. The van der Waals surface area contributed by atoms with Crippen molar-refractivity contribution in [2.45, 2.75) is 26.1 Å². The van der Waals surface area contributed by atoms with E-state index in [9.17, 15) is 14.3 Å². The molecule has 0 saturated carbocycles. The average molecular weight is 846 g/mol. The molecule has 0 aliphatic carbocycles. The van der Waals surface area contributed by atoms with Gasteiger partial charge in [-0.05, 0) is 78.7 Å². The third kappa shape index (κ3) is 9.21. The molecule has 0 radical (unpaired) electrons. The molecule has 12 nitrogen and oxygen atoms in total. The van der Waals surface area contributed by atoms with Gasteiger partial charge in [0.05, 0.1) is 16.1 Å². The summed E-state index contributed by atoms with van der Waals surface area (Å²) in [5.41, 5.74) is 4.77. The highest BCUT2D eigenvalue weighted by molar-refractivity contribution is 7.22. The fourth-order valence-electron chi connectivity index (χ4n) is 7.03. The van der Waals surface area contributed by atoms with Crippen LogP contribution in [0.2, 0.25) is 5.02 Å². The first-order valence-electron chi connectivity index (χ1n) is 19.4. The maximum atomic E-state index is 14.2. The minimum Gasteiger partial charge on any atom is -0.491 e. The molecule has 8 rings (SSSR count). The number of aliphatic carboxylic acids is 1. The maximum Gasteiger partial charge on any atom is 0.345 e. The van der Waals surface area contributed by atoms with E-state index in [1.54, 1.807) is 42.7 Å². The zero-order valence-electron chi connectivity index (χ0n) is 32.9. The van der Waals surface area contributed by atoms with Crippen LogP contribution in [-0.4, -0.2) is 98.3 Å². The number of fused-ring (bicyclic) bond motifs is 1. The number of para-hydroxylation sites is 1. The number of pyridine rings is 1. The number of piperazine rings is 1. The summed E-state index contributed by atoms with van der Waals surface area (Å²) < 4.78 is 33.0. The number of rotatable bonds is 15. The summed E-state index contributed by atoms with van der Waals surface area (Å²) in [6.45, 7) is 7.28. The predicted molar refractivity (Wildman–Crippen MR) is 229 cm³/mol. The van der Waals surface area contributed by atoms with Crippen LogP contribution >= 0.6 is 22.9 Å². The summed E-state index contributed by atoms with van der Waals surface area (Å²) in [7, 11) is 2.13. The van der Waals surface area contributed by atoms with Gasteiger partial charge in [-0.3, -0.25) is 9.88 Å². The Labute approximate surface area is 355 Å². The largest absolute Gasteiger partial charge is 0.491 e. The van der Waals surface area contributed by atoms with Crippen molar-refractivity contribution in [2.75, 3.05) is 46.4 Å². The van der Waals surface area contributed by atoms with Crippen LogP contribution in [0.25, 0.3) is 43.3 Å². The van der Waals surface area contributed by atoms with Crippen LogP contribution in [-0.2, 0) is 17.8 Å². The molecule has 60 heavy (non-hydrogen) atoms. The number of halogens is 2. The number of carboxylic acids is 1. The number of likely N-dealkylation sites (N-methyl/N-ethyl adjacent to an activating group) is 1. The predicted octanol–water partition coefficient (Wildman–Crippen LogP) is 8.26. The van der Waals surface area contributed by atoms with E-state index in [-0.39, 0.29) is 24.7 Å². The maximum absolute atomic E-state index is 14.2. The monoisotopic (exact) mass is 845 g/mol. The standard InChI is InChI=1S/C45H41ClFN7O5S/c1-28-33(14-15-36(40(28)46)57-24-23-54-21-19-53(2)20-22-54)38-39-43(50-27-51-44(39)60-41(38)29-10-12-31(47)13-11-29)59-37(45(55)56)25-30-7-3-4-9-35(30)58-26-32-16-18-49-42(52-32)34-8-5-6-17-48-34/h3-18,27,37H,19-26H2,1-2H3,(H,55,56)/t37-/m1/s1. The first-order chi connectivity index (χ1) is 29.2. The number of carboxylic acid groups (broad SMARTS) is 1. The molecule has 15 heteroatoms. The summed E-state index contributed by atoms with van der Waals surface area (Å²) in [5, 5.41) is 11.5. The van der Waals surface area contributed by atoms with Gasteiger partial charge in [0.2, 0.25) is 12.0 Å². The van der Waals surface area contributed by atoms with E-state index in [2.05, 4.69) is 41.8 Å². The molecule has 1 N–H and O–H groups in total. The Morgan fingerprint density at radius 1 is 0.900 bits per heavy atom. The second kappa shape index (κ2) is 18.5. The molecule has 0 unspecified atom stereocenters. The molecule has 0 spiro atoms. The number of benzene rings is 3. The third-order valence-electron chi connectivity index (χ3n) is 10.3. The zero-order chi connectivity index (χ0) is 41.6. The molecule has 1 fully saturated rings. The number of hydrogen-bond donors (Lipinski definition) is 1. The Morgan fingerprint density at radius 3 is 2.48 bits per heavy atom. The van der Waals surface area contributed by atoms with Gasteiger partial charge in [-0.25, -0.2) is 29.1 Å². The number of ether oxygens (including phenoxy) is 3. The van der Waals surface area contributed by atoms with Crippen molar-refractivity contribution in [2.24, 2.45) is 0 Å². The summed E-state index contributed by atoms with van der Waals surface area (Å²) in [6.07, 6.45) is 3.25. The molecule has 0 amide bonds. The fourth-order valence-corrected chi connectivity index (χ4v) is 8.40. The first-order valence-corrected chi connectivity index (χ1v) is 20.6. The van der Waals surface area contributed by atoms with Crippen molar-refractivity contribution in [3.8, 4) is 50.5 Å². The minimum atomic E-state index is -1.37. The van der Waals surface area contributed by atoms with Crippen LogP contribution in [0.3, 0.4) is 0 Å². The SMILES string of the molecule is Cc1c(-c2c(-c3ccc(F)cc3)sc3ncnc(O[C@H](Cc4ccccc4OCc4ccnc(-c5ccccn5)n4)C(=O)O)c23)ccc(OCCN2CCN(C)CC2)c1Cl. The van der Waals surface area contributed by atoms with Crippen molar-refractivity contribution >= 4 is 39.1 Å². The smallest absolute Gasteiger partial charge is 0.345 e. The van der Waals surface area contributed by atoms with Gasteiger partial charge in [0.15, 0.2) is 5.82 Å². The molecule has 1 saturated heterocycles. The van der Waals surface area contributed by atoms with Crippen molar-refractivity contribution < 1.29 is 28.5 Å². The van der Waals surface area contributed by atoms with E-state index >= 15 is 0 Å².